The largest absolute Gasteiger partial charge is 0.497 e. The number of nitrogens with one attached hydrogen (secondary N) is 2. The fourth-order valence-electron chi connectivity index (χ4n) is 2.63. The molecule has 0 bridgehead atoms. The van der Waals surface area contributed by atoms with Gasteiger partial charge >= 0.3 is 6.03 Å². The minimum atomic E-state index is -0.294. The molecule has 2 aromatic rings. The van der Waals surface area contributed by atoms with Gasteiger partial charge in [-0.3, -0.25) is 0 Å². The first kappa shape index (κ1) is 17.7. The lowest BCUT2D eigenvalue weighted by atomic mass is 10.2. The molecule has 0 spiro atoms. The Morgan fingerprint density at radius 1 is 1.12 bits per heavy atom. The fourth-order valence-corrected chi connectivity index (χ4v) is 2.63. The Labute approximate surface area is 152 Å². The molecule has 138 valence electrons. The quantitative estimate of drug-likeness (QED) is 0.829. The highest BCUT2D eigenvalue weighted by Crippen LogP contribution is 2.30. The van der Waals surface area contributed by atoms with Crippen molar-refractivity contribution in [2.45, 2.75) is 12.6 Å². The van der Waals surface area contributed by atoms with Gasteiger partial charge in [0.05, 0.1) is 20.8 Å². The van der Waals surface area contributed by atoms with Gasteiger partial charge in [-0.25, -0.2) is 4.79 Å². The molecule has 3 rings (SSSR count). The number of amides is 2. The Hall–Kier alpha value is -3.09. The van der Waals surface area contributed by atoms with E-state index in [4.69, 9.17) is 18.9 Å². The summed E-state index contributed by atoms with van der Waals surface area (Å²) < 4.78 is 21.9. The topological polar surface area (TPSA) is 78.1 Å². The number of benzene rings is 2. The van der Waals surface area contributed by atoms with E-state index < -0.39 is 0 Å². The van der Waals surface area contributed by atoms with Crippen LogP contribution in [-0.2, 0) is 6.54 Å². The van der Waals surface area contributed by atoms with Crippen molar-refractivity contribution in [3.05, 3.63) is 48.0 Å². The molecule has 0 radical (unpaired) electrons. The lowest BCUT2D eigenvalue weighted by molar-refractivity contribution is 0.0918. The van der Waals surface area contributed by atoms with Crippen LogP contribution in [0.4, 0.5) is 4.79 Å². The van der Waals surface area contributed by atoms with Crippen LogP contribution in [0.15, 0.2) is 42.5 Å². The standard InChI is InChI=1S/C19H22N2O5/c1-23-14-7-8-16(24-2)13(9-14)10-20-19(22)21-11-15-12-25-17-5-3-4-6-18(17)26-15/h3-9,15H,10-12H2,1-2H3,(H2,20,21,22)/t15-/m1/s1. The highest BCUT2D eigenvalue weighted by Gasteiger charge is 2.21. The van der Waals surface area contributed by atoms with Crippen LogP contribution in [0.25, 0.3) is 0 Å². The summed E-state index contributed by atoms with van der Waals surface area (Å²) in [7, 11) is 3.18. The van der Waals surface area contributed by atoms with E-state index in [0.717, 1.165) is 11.3 Å². The summed E-state index contributed by atoms with van der Waals surface area (Å²) in [6, 6.07) is 12.6. The first-order chi connectivity index (χ1) is 12.7. The molecule has 0 unspecified atom stereocenters. The fraction of sp³-hybridized carbons (Fsp3) is 0.316. The van der Waals surface area contributed by atoms with Gasteiger partial charge < -0.3 is 29.6 Å². The van der Waals surface area contributed by atoms with Gasteiger partial charge in [0.1, 0.15) is 18.1 Å². The maximum atomic E-state index is 12.1. The number of methoxy groups -OCH3 is 2. The van der Waals surface area contributed by atoms with Crippen molar-refractivity contribution < 1.29 is 23.7 Å². The van der Waals surface area contributed by atoms with Crippen molar-refractivity contribution in [3.8, 4) is 23.0 Å². The molecule has 7 heteroatoms. The molecule has 1 aliphatic heterocycles. The maximum Gasteiger partial charge on any atom is 0.315 e. The third-order valence-electron chi connectivity index (χ3n) is 3.98. The smallest absolute Gasteiger partial charge is 0.315 e. The van der Waals surface area contributed by atoms with Gasteiger partial charge in [0.15, 0.2) is 17.6 Å². The zero-order chi connectivity index (χ0) is 18.4. The molecule has 7 nitrogen and oxygen atoms in total. The normalized spacial score (nSPS) is 15.1. The number of para-hydroxylation sites is 2. The summed E-state index contributed by atoms with van der Waals surface area (Å²) in [4.78, 5) is 12.1. The second-order valence-electron chi connectivity index (χ2n) is 5.74. The van der Waals surface area contributed by atoms with E-state index in [0.29, 0.717) is 36.9 Å². The van der Waals surface area contributed by atoms with Crippen LogP contribution >= 0.6 is 0 Å². The SMILES string of the molecule is COc1ccc(OC)c(CNC(=O)NC[C@@H]2COc3ccccc3O2)c1. The molecule has 1 atom stereocenters. The van der Waals surface area contributed by atoms with E-state index in [1.54, 1.807) is 26.4 Å². The lowest BCUT2D eigenvalue weighted by Crippen LogP contribution is -2.44. The maximum absolute atomic E-state index is 12.1. The Kier molecular flexibility index (Phi) is 5.68. The van der Waals surface area contributed by atoms with Gasteiger partial charge in [0, 0.05) is 12.1 Å². The second-order valence-corrected chi connectivity index (χ2v) is 5.74. The molecule has 2 amide bonds. The highest BCUT2D eigenvalue weighted by molar-refractivity contribution is 5.74. The molecule has 26 heavy (non-hydrogen) atoms. The molecule has 0 fully saturated rings. The Morgan fingerprint density at radius 3 is 2.69 bits per heavy atom. The van der Waals surface area contributed by atoms with Gasteiger partial charge in [0.2, 0.25) is 0 Å². The van der Waals surface area contributed by atoms with E-state index in [1.807, 2.05) is 30.3 Å². The number of fused-ring (bicyclic) bond motifs is 1. The molecule has 1 heterocycles. The van der Waals surface area contributed by atoms with Crippen molar-refractivity contribution in [2.75, 3.05) is 27.4 Å². The number of ether oxygens (including phenoxy) is 4. The summed E-state index contributed by atoms with van der Waals surface area (Å²) in [6.45, 7) is 1.05. The van der Waals surface area contributed by atoms with Gasteiger partial charge in [0.25, 0.3) is 0 Å². The predicted molar refractivity (Wildman–Crippen MR) is 96.1 cm³/mol. The summed E-state index contributed by atoms with van der Waals surface area (Å²) >= 11 is 0. The van der Waals surface area contributed by atoms with E-state index in [1.165, 1.54) is 0 Å². The first-order valence-electron chi connectivity index (χ1n) is 8.30. The number of rotatable bonds is 6. The van der Waals surface area contributed by atoms with Gasteiger partial charge in [-0.2, -0.15) is 0 Å². The van der Waals surface area contributed by atoms with Gasteiger partial charge in [-0.05, 0) is 30.3 Å². The average molecular weight is 358 g/mol. The summed E-state index contributed by atoms with van der Waals surface area (Å²) in [6.07, 6.45) is -0.234. The Bertz CT molecular complexity index is 765. The van der Waals surface area contributed by atoms with E-state index >= 15 is 0 Å². The zero-order valence-corrected chi connectivity index (χ0v) is 14.8. The molecule has 0 aromatic heterocycles. The summed E-state index contributed by atoms with van der Waals surface area (Å²) in [5.74, 6) is 2.80. The first-order valence-corrected chi connectivity index (χ1v) is 8.30. The van der Waals surface area contributed by atoms with Crippen LogP contribution in [0.2, 0.25) is 0 Å². The van der Waals surface area contributed by atoms with Gasteiger partial charge in [-0.15, -0.1) is 0 Å². The molecule has 0 saturated carbocycles. The molecule has 2 N–H and O–H groups in total. The van der Waals surface area contributed by atoms with Crippen LogP contribution in [0.1, 0.15) is 5.56 Å². The average Bonchev–Trinajstić information content (AvgIpc) is 2.70. The third-order valence-corrected chi connectivity index (χ3v) is 3.98. The monoisotopic (exact) mass is 358 g/mol. The third kappa shape index (κ3) is 4.30. The van der Waals surface area contributed by atoms with E-state index in [9.17, 15) is 4.79 Å². The number of carbonyl (C=O) groups is 1. The molecule has 1 aliphatic rings. The van der Waals surface area contributed by atoms with Crippen LogP contribution in [0, 0.1) is 0 Å². The van der Waals surface area contributed by atoms with Crippen LogP contribution in [0.5, 0.6) is 23.0 Å². The van der Waals surface area contributed by atoms with Crippen LogP contribution in [0.3, 0.4) is 0 Å². The minimum Gasteiger partial charge on any atom is -0.497 e. The van der Waals surface area contributed by atoms with Crippen LogP contribution in [-0.4, -0.2) is 39.5 Å². The zero-order valence-electron chi connectivity index (χ0n) is 14.8. The Balaban J connectivity index is 1.48. The van der Waals surface area contributed by atoms with Crippen molar-refractivity contribution in [2.24, 2.45) is 0 Å². The Morgan fingerprint density at radius 2 is 1.92 bits per heavy atom. The number of hydrogen-bond donors (Lipinski definition) is 2. The van der Waals surface area contributed by atoms with Crippen LogP contribution < -0.4 is 29.6 Å². The van der Waals surface area contributed by atoms with E-state index in [-0.39, 0.29) is 12.1 Å². The predicted octanol–water partition coefficient (Wildman–Crippen LogP) is 2.34. The second kappa shape index (κ2) is 8.33. The van der Waals surface area contributed by atoms with E-state index in [2.05, 4.69) is 10.6 Å². The van der Waals surface area contributed by atoms with Gasteiger partial charge in [-0.1, -0.05) is 12.1 Å². The number of hydrogen-bond acceptors (Lipinski definition) is 5. The highest BCUT2D eigenvalue weighted by atomic mass is 16.6. The van der Waals surface area contributed by atoms with Crippen molar-refractivity contribution in [3.63, 3.8) is 0 Å². The van der Waals surface area contributed by atoms with Crippen molar-refractivity contribution in [1.82, 2.24) is 10.6 Å². The van der Waals surface area contributed by atoms with Crippen molar-refractivity contribution >= 4 is 6.03 Å². The minimum absolute atomic E-state index is 0.234. The number of carbonyl (C=O) groups excluding carboxylic acids is 1. The molecule has 0 aliphatic carbocycles. The summed E-state index contributed by atoms with van der Waals surface area (Å²) in [5.41, 5.74) is 0.827. The molecule has 0 saturated heterocycles. The molecule has 2 aromatic carbocycles. The lowest BCUT2D eigenvalue weighted by Gasteiger charge is -2.26. The van der Waals surface area contributed by atoms with Crippen molar-refractivity contribution in [1.29, 1.82) is 0 Å². The number of urea groups is 1. The molecular formula is C19H22N2O5. The summed E-state index contributed by atoms with van der Waals surface area (Å²) in [5, 5.41) is 5.59. The molecular weight excluding hydrogens is 336 g/mol.